The van der Waals surface area contributed by atoms with Gasteiger partial charge in [0.15, 0.2) is 6.17 Å². The topological polar surface area (TPSA) is 66.5 Å². The minimum Gasteiger partial charge on any atom is -0.335 e. The molecule has 2 aromatic rings. The Kier molecular flexibility index (Phi) is 6.26. The van der Waals surface area contributed by atoms with E-state index in [4.69, 9.17) is 0 Å². The lowest BCUT2D eigenvalue weighted by atomic mass is 9.91. The van der Waals surface area contributed by atoms with Crippen molar-refractivity contribution in [1.29, 1.82) is 0 Å². The molecule has 2 aliphatic rings. The fourth-order valence-electron chi connectivity index (χ4n) is 4.75. The Hall–Kier alpha value is -2.46. The summed E-state index contributed by atoms with van der Waals surface area (Å²) in [4.78, 5) is 13.8. The van der Waals surface area contributed by atoms with E-state index in [-0.39, 0.29) is 24.1 Å². The molecule has 5 nitrogen and oxygen atoms in total. The lowest BCUT2D eigenvalue weighted by Crippen LogP contribution is -2.51. The first-order chi connectivity index (χ1) is 15.6. The monoisotopic (exact) mass is 484 g/mol. The highest BCUT2D eigenvalue weighted by molar-refractivity contribution is 7.89. The van der Waals surface area contributed by atoms with Crippen LogP contribution in [0.25, 0.3) is 11.1 Å². The van der Waals surface area contributed by atoms with Crippen LogP contribution in [0.2, 0.25) is 0 Å². The minimum absolute atomic E-state index is 0.0161. The van der Waals surface area contributed by atoms with Crippen molar-refractivity contribution in [3.05, 3.63) is 59.7 Å². The van der Waals surface area contributed by atoms with Crippen molar-refractivity contribution >= 4 is 15.9 Å². The molecular weight excluding hydrogens is 460 g/mol. The Morgan fingerprint density at radius 2 is 1.88 bits per heavy atom. The molecule has 1 saturated carbocycles. The number of nitrogens with zero attached hydrogens (tertiary/aromatic N) is 1. The summed E-state index contributed by atoms with van der Waals surface area (Å²) in [5, 5.41) is 0. The molecule has 0 aromatic heterocycles. The summed E-state index contributed by atoms with van der Waals surface area (Å²) in [6.45, 7) is 1.13. The van der Waals surface area contributed by atoms with Gasteiger partial charge in [0, 0.05) is 23.6 Å². The summed E-state index contributed by atoms with van der Waals surface area (Å²) in [7, 11) is -4.31. The maximum Gasteiger partial charge on any atom is 0.257 e. The van der Waals surface area contributed by atoms with Crippen LogP contribution in [0.1, 0.15) is 25.3 Å². The highest BCUT2D eigenvalue weighted by Gasteiger charge is 2.61. The molecule has 0 radical (unpaired) electrons. The number of hydrogen-bond acceptors (Lipinski definition) is 3. The van der Waals surface area contributed by atoms with Gasteiger partial charge in [-0.1, -0.05) is 30.3 Å². The van der Waals surface area contributed by atoms with Gasteiger partial charge in [-0.15, -0.1) is 0 Å². The number of carbonyl (C=O) groups is 1. The third-order valence-corrected chi connectivity index (χ3v) is 7.42. The first-order valence-electron chi connectivity index (χ1n) is 10.6. The van der Waals surface area contributed by atoms with E-state index >= 15 is 4.39 Å². The number of likely N-dealkylation sites (tertiary alicyclic amines) is 1. The Morgan fingerprint density at radius 1 is 1.21 bits per heavy atom. The summed E-state index contributed by atoms with van der Waals surface area (Å²) >= 11 is 0. The first kappa shape index (κ1) is 23.7. The number of carbonyl (C=O) groups excluding carboxylic acids is 1. The van der Waals surface area contributed by atoms with E-state index in [9.17, 15) is 26.4 Å². The third kappa shape index (κ3) is 4.63. The van der Waals surface area contributed by atoms with Crippen LogP contribution in [0, 0.1) is 17.0 Å². The summed E-state index contributed by atoms with van der Waals surface area (Å²) in [5.74, 6) is -2.29. The lowest BCUT2D eigenvalue weighted by Gasteiger charge is -2.30. The molecule has 2 aromatic carbocycles. The number of hydrogen-bond donors (Lipinski definition) is 1. The van der Waals surface area contributed by atoms with Crippen LogP contribution in [0.4, 0.5) is 17.6 Å². The molecule has 0 unspecified atom stereocenters. The van der Waals surface area contributed by atoms with Crippen LogP contribution in [-0.4, -0.2) is 50.0 Å². The number of sulfonamides is 1. The van der Waals surface area contributed by atoms with E-state index in [1.165, 1.54) is 4.90 Å². The number of rotatable bonds is 7. The van der Waals surface area contributed by atoms with E-state index in [1.54, 1.807) is 30.3 Å². The van der Waals surface area contributed by atoms with E-state index in [0.717, 1.165) is 19.1 Å². The van der Waals surface area contributed by atoms with Crippen molar-refractivity contribution in [3.8, 4) is 11.1 Å². The average molecular weight is 485 g/mol. The van der Waals surface area contributed by atoms with Gasteiger partial charge in [-0.05, 0) is 49.4 Å². The van der Waals surface area contributed by atoms with Gasteiger partial charge in [-0.25, -0.2) is 30.7 Å². The number of nitrogens with one attached hydrogen (secondary N) is 1. The summed E-state index contributed by atoms with van der Waals surface area (Å²) in [6, 6.07) is 6.77. The maximum absolute atomic E-state index is 15.5. The lowest BCUT2D eigenvalue weighted by molar-refractivity contribution is -0.137. The Balaban J connectivity index is 1.76. The Labute approximate surface area is 189 Å². The van der Waals surface area contributed by atoms with E-state index in [0.29, 0.717) is 18.4 Å². The number of amides is 1. The third-order valence-electron chi connectivity index (χ3n) is 6.52. The van der Waals surface area contributed by atoms with Gasteiger partial charge in [0.05, 0.1) is 6.04 Å². The minimum atomic E-state index is -4.31. The second-order valence-corrected chi connectivity index (χ2v) is 10.5. The van der Waals surface area contributed by atoms with Gasteiger partial charge in [-0.3, -0.25) is 4.79 Å². The molecule has 1 heterocycles. The summed E-state index contributed by atoms with van der Waals surface area (Å²) < 4.78 is 83.4. The Morgan fingerprint density at radius 3 is 2.45 bits per heavy atom. The predicted molar refractivity (Wildman–Crippen MR) is 115 cm³/mol. The molecule has 1 aliphatic heterocycles. The highest BCUT2D eigenvalue weighted by Crippen LogP contribution is 2.55. The van der Waals surface area contributed by atoms with Gasteiger partial charge in [0.25, 0.3) is 5.91 Å². The van der Waals surface area contributed by atoms with Crippen molar-refractivity contribution in [2.75, 3.05) is 12.6 Å². The van der Waals surface area contributed by atoms with Crippen molar-refractivity contribution in [1.82, 2.24) is 9.62 Å². The molecule has 4 rings (SSSR count). The molecule has 3 atom stereocenters. The molecular formula is C23H24F4N2O3S. The van der Waals surface area contributed by atoms with E-state index in [1.807, 2.05) is 0 Å². The molecule has 1 amide bonds. The van der Waals surface area contributed by atoms with Gasteiger partial charge >= 0.3 is 0 Å². The van der Waals surface area contributed by atoms with Crippen molar-refractivity contribution in [3.63, 3.8) is 0 Å². The van der Waals surface area contributed by atoms with E-state index in [2.05, 4.69) is 4.72 Å². The van der Waals surface area contributed by atoms with E-state index < -0.39 is 57.2 Å². The van der Waals surface area contributed by atoms with Gasteiger partial charge in [-0.2, -0.15) is 0 Å². The SMILES string of the molecule is C[C@@H](F)C(=O)N1CC2(CC2)[C@H](NS(=O)(=O)CF)[C@@H]1Cc1cc(F)cc(-c2ccccc2)c1F. The molecule has 1 spiro atoms. The smallest absolute Gasteiger partial charge is 0.257 e. The average Bonchev–Trinajstić information content (AvgIpc) is 3.51. The second kappa shape index (κ2) is 8.72. The number of alkyl halides is 2. The fraction of sp³-hybridized carbons (Fsp3) is 0.435. The first-order valence-corrected chi connectivity index (χ1v) is 12.3. The Bertz CT molecular complexity index is 1150. The molecule has 1 N–H and O–H groups in total. The summed E-state index contributed by atoms with van der Waals surface area (Å²) in [5.41, 5.74) is -0.294. The quantitative estimate of drug-likeness (QED) is 0.609. The van der Waals surface area contributed by atoms with Crippen molar-refractivity contribution in [2.24, 2.45) is 5.41 Å². The second-order valence-electron chi connectivity index (χ2n) is 8.83. The summed E-state index contributed by atoms with van der Waals surface area (Å²) in [6.07, 6.45) is -1.02. The molecule has 178 valence electrons. The normalized spacial score (nSPS) is 22.5. The van der Waals surface area contributed by atoms with Crippen LogP contribution in [0.15, 0.2) is 42.5 Å². The van der Waals surface area contributed by atoms with Crippen molar-refractivity contribution < 1.29 is 30.8 Å². The predicted octanol–water partition coefficient (Wildman–Crippen LogP) is 3.74. The van der Waals surface area contributed by atoms with Crippen LogP contribution >= 0.6 is 0 Å². The molecule has 0 bridgehead atoms. The molecule has 10 heteroatoms. The maximum atomic E-state index is 15.5. The van der Waals surface area contributed by atoms with Crippen LogP contribution in [-0.2, 0) is 21.2 Å². The molecule has 1 aliphatic carbocycles. The highest BCUT2D eigenvalue weighted by atomic mass is 32.2. The number of benzene rings is 2. The van der Waals surface area contributed by atoms with Crippen LogP contribution in [0.5, 0.6) is 0 Å². The molecule has 1 saturated heterocycles. The zero-order chi connectivity index (χ0) is 24.0. The molecule has 33 heavy (non-hydrogen) atoms. The van der Waals surface area contributed by atoms with Crippen LogP contribution in [0.3, 0.4) is 0 Å². The molecule has 2 fully saturated rings. The zero-order valence-electron chi connectivity index (χ0n) is 17.9. The van der Waals surface area contributed by atoms with Gasteiger partial charge in [0.1, 0.15) is 11.6 Å². The largest absolute Gasteiger partial charge is 0.335 e. The standard InChI is InChI=1S/C23H24F4N2O3S/c1-14(25)22(30)29-12-23(7-8-23)21(28-33(31,32)13-24)19(29)10-16-9-17(26)11-18(20(16)27)15-5-3-2-4-6-15/h2-6,9,11,14,19,21,28H,7-8,10,12-13H2,1H3/t14-,19+,21-/m1/s1. The fourth-order valence-corrected chi connectivity index (χ4v) is 5.60. The van der Waals surface area contributed by atoms with Gasteiger partial charge < -0.3 is 4.90 Å². The van der Waals surface area contributed by atoms with Crippen LogP contribution < -0.4 is 4.72 Å². The zero-order valence-corrected chi connectivity index (χ0v) is 18.7. The van der Waals surface area contributed by atoms with Gasteiger partial charge in [0.2, 0.25) is 16.0 Å². The number of halogens is 4. The van der Waals surface area contributed by atoms with Crippen molar-refractivity contribution in [2.45, 2.75) is 44.4 Å².